The molecule has 0 aromatic heterocycles. The second kappa shape index (κ2) is 4.99. The van der Waals surface area contributed by atoms with Gasteiger partial charge in [0, 0.05) is 6.92 Å². The van der Waals surface area contributed by atoms with E-state index in [4.69, 9.17) is 0 Å². The van der Waals surface area contributed by atoms with Gasteiger partial charge < -0.3 is 4.74 Å². The third kappa shape index (κ3) is 2.98. The predicted octanol–water partition coefficient (Wildman–Crippen LogP) is 1.31. The summed E-state index contributed by atoms with van der Waals surface area (Å²) in [6.45, 7) is 1.32. The molecule has 5 heteroatoms. The number of nitrogens with one attached hydrogen (secondary N) is 1. The Morgan fingerprint density at radius 3 is 2.33 bits per heavy atom. The van der Waals surface area contributed by atoms with Gasteiger partial charge in [-0.1, -0.05) is 18.2 Å². The van der Waals surface area contributed by atoms with Gasteiger partial charge in [0.15, 0.2) is 0 Å². The molecule has 1 N–H and O–H groups in total. The van der Waals surface area contributed by atoms with E-state index >= 15 is 0 Å². The highest BCUT2D eigenvalue weighted by atomic mass is 16.5. The summed E-state index contributed by atoms with van der Waals surface area (Å²) in [5, 5.41) is 1.04. The summed E-state index contributed by atoms with van der Waals surface area (Å²) in [6.07, 6.45) is -0.642. The number of nitrogens with zero attached hydrogens (tertiary/aromatic N) is 1. The number of hydrogen-bond acceptors (Lipinski definition) is 3. The molecule has 0 bridgehead atoms. The highest BCUT2D eigenvalue weighted by Crippen LogP contribution is 2.11. The molecule has 5 nitrogen and oxygen atoms in total. The van der Waals surface area contributed by atoms with Crippen LogP contribution in [0.15, 0.2) is 30.3 Å². The number of amides is 2. The minimum absolute atomic E-state index is 0.343. The molecule has 0 saturated heterocycles. The Morgan fingerprint density at radius 2 is 1.87 bits per heavy atom. The van der Waals surface area contributed by atoms with Crippen LogP contribution < -0.4 is 10.4 Å². The lowest BCUT2D eigenvalue weighted by Gasteiger charge is -2.20. The number of anilines is 1. The Hall–Kier alpha value is -2.04. The van der Waals surface area contributed by atoms with Crippen molar-refractivity contribution in [1.82, 2.24) is 5.43 Å². The number of methoxy groups -OCH3 is 1. The molecular formula is C10H12N2O3. The molecule has 0 unspecified atom stereocenters. The van der Waals surface area contributed by atoms with Crippen molar-refractivity contribution in [2.24, 2.45) is 0 Å². The molecule has 15 heavy (non-hydrogen) atoms. The van der Waals surface area contributed by atoms with Gasteiger partial charge in [-0.05, 0) is 12.1 Å². The van der Waals surface area contributed by atoms with Gasteiger partial charge in [-0.15, -0.1) is 0 Å². The first kappa shape index (κ1) is 11.0. The maximum atomic E-state index is 11.3. The smallest absolute Gasteiger partial charge is 0.433 e. The van der Waals surface area contributed by atoms with E-state index in [0.717, 1.165) is 5.01 Å². The van der Waals surface area contributed by atoms with Crippen molar-refractivity contribution >= 4 is 17.7 Å². The summed E-state index contributed by atoms with van der Waals surface area (Å²) >= 11 is 0. The Bertz CT molecular complexity index is 351. The standard InChI is InChI=1S/C10H12N2O3/c1-8(13)11-12(10(14)15-2)9-6-4-3-5-7-9/h3-7H,1-2H3,(H,11,13). The highest BCUT2D eigenvalue weighted by Gasteiger charge is 2.16. The average molecular weight is 208 g/mol. The van der Waals surface area contributed by atoms with Crippen LogP contribution in [0.3, 0.4) is 0 Å². The molecule has 2 amide bonds. The van der Waals surface area contributed by atoms with Gasteiger partial charge >= 0.3 is 6.09 Å². The third-order valence-corrected chi connectivity index (χ3v) is 1.64. The normalized spacial score (nSPS) is 9.20. The zero-order chi connectivity index (χ0) is 11.3. The molecule has 1 aromatic rings. The summed E-state index contributed by atoms with van der Waals surface area (Å²) < 4.78 is 4.54. The van der Waals surface area contributed by atoms with E-state index in [1.807, 2.05) is 6.07 Å². The molecule has 0 aliphatic rings. The summed E-state index contributed by atoms with van der Waals surface area (Å²) in [5.74, 6) is -0.343. The van der Waals surface area contributed by atoms with Crippen LogP contribution in [0.2, 0.25) is 0 Å². The van der Waals surface area contributed by atoms with Crippen molar-refractivity contribution in [2.75, 3.05) is 12.1 Å². The zero-order valence-corrected chi connectivity index (χ0v) is 8.56. The molecule has 0 spiro atoms. The molecular weight excluding hydrogens is 196 g/mol. The SMILES string of the molecule is COC(=O)N(NC(C)=O)c1ccccc1. The highest BCUT2D eigenvalue weighted by molar-refractivity contribution is 5.91. The fraction of sp³-hybridized carbons (Fsp3) is 0.200. The molecule has 0 radical (unpaired) electrons. The number of benzene rings is 1. The Kier molecular flexibility index (Phi) is 3.68. The van der Waals surface area contributed by atoms with E-state index in [9.17, 15) is 9.59 Å². The summed E-state index contributed by atoms with van der Waals surface area (Å²) in [5.41, 5.74) is 2.91. The van der Waals surface area contributed by atoms with Gasteiger partial charge in [-0.3, -0.25) is 10.2 Å². The molecule has 1 aromatic carbocycles. The Morgan fingerprint density at radius 1 is 1.27 bits per heavy atom. The number of carbonyl (C=O) groups excluding carboxylic acids is 2. The van der Waals surface area contributed by atoms with E-state index in [1.165, 1.54) is 14.0 Å². The minimum atomic E-state index is -0.642. The topological polar surface area (TPSA) is 58.6 Å². The van der Waals surface area contributed by atoms with Crippen LogP contribution in [-0.4, -0.2) is 19.1 Å². The van der Waals surface area contributed by atoms with Crippen LogP contribution in [-0.2, 0) is 9.53 Å². The minimum Gasteiger partial charge on any atom is -0.451 e. The number of rotatable bonds is 1. The molecule has 0 saturated carbocycles. The second-order valence-corrected chi connectivity index (χ2v) is 2.81. The second-order valence-electron chi connectivity index (χ2n) is 2.81. The van der Waals surface area contributed by atoms with Crippen LogP contribution >= 0.6 is 0 Å². The zero-order valence-electron chi connectivity index (χ0n) is 8.56. The first-order valence-electron chi connectivity index (χ1n) is 4.35. The largest absolute Gasteiger partial charge is 0.451 e. The van der Waals surface area contributed by atoms with Gasteiger partial charge in [-0.25, -0.2) is 4.79 Å². The van der Waals surface area contributed by atoms with E-state index in [2.05, 4.69) is 10.2 Å². The van der Waals surface area contributed by atoms with Crippen LogP contribution in [0.1, 0.15) is 6.92 Å². The van der Waals surface area contributed by atoms with Gasteiger partial charge in [0.25, 0.3) is 0 Å². The van der Waals surface area contributed by atoms with Crippen LogP contribution in [0.5, 0.6) is 0 Å². The van der Waals surface area contributed by atoms with Crippen LogP contribution in [0, 0.1) is 0 Å². The summed E-state index contributed by atoms with van der Waals surface area (Å²) in [4.78, 5) is 22.2. The van der Waals surface area contributed by atoms with E-state index in [1.54, 1.807) is 24.3 Å². The maximum Gasteiger partial charge on any atom is 0.433 e. The Balaban J connectivity index is 2.91. The quantitative estimate of drug-likeness (QED) is 0.708. The number of para-hydroxylation sites is 1. The van der Waals surface area contributed by atoms with E-state index in [-0.39, 0.29) is 5.91 Å². The fourth-order valence-electron chi connectivity index (χ4n) is 1.04. The van der Waals surface area contributed by atoms with Crippen LogP contribution in [0.4, 0.5) is 10.5 Å². The number of hydrazine groups is 1. The molecule has 80 valence electrons. The first-order valence-corrected chi connectivity index (χ1v) is 4.35. The Labute approximate surface area is 87.6 Å². The first-order chi connectivity index (χ1) is 7.15. The van der Waals surface area contributed by atoms with Gasteiger partial charge in [0.2, 0.25) is 5.91 Å². The molecule has 0 heterocycles. The maximum absolute atomic E-state index is 11.3. The van der Waals surface area contributed by atoms with Gasteiger partial charge in [0.05, 0.1) is 12.8 Å². The fourth-order valence-corrected chi connectivity index (χ4v) is 1.04. The lowest BCUT2D eigenvalue weighted by molar-refractivity contribution is -0.119. The van der Waals surface area contributed by atoms with E-state index < -0.39 is 6.09 Å². The molecule has 0 aliphatic carbocycles. The summed E-state index contributed by atoms with van der Waals surface area (Å²) in [7, 11) is 1.25. The number of ether oxygens (including phenoxy) is 1. The van der Waals surface area contributed by atoms with Crippen molar-refractivity contribution in [3.05, 3.63) is 30.3 Å². The van der Waals surface area contributed by atoms with Crippen LogP contribution in [0.25, 0.3) is 0 Å². The van der Waals surface area contributed by atoms with Crippen molar-refractivity contribution < 1.29 is 14.3 Å². The summed E-state index contributed by atoms with van der Waals surface area (Å²) in [6, 6.07) is 8.70. The van der Waals surface area contributed by atoms with E-state index in [0.29, 0.717) is 5.69 Å². The van der Waals surface area contributed by atoms with Crippen molar-refractivity contribution in [3.8, 4) is 0 Å². The monoisotopic (exact) mass is 208 g/mol. The lowest BCUT2D eigenvalue weighted by Crippen LogP contribution is -2.45. The molecule has 1 rings (SSSR count). The predicted molar refractivity (Wildman–Crippen MR) is 55.1 cm³/mol. The van der Waals surface area contributed by atoms with Crippen molar-refractivity contribution in [1.29, 1.82) is 0 Å². The van der Waals surface area contributed by atoms with Gasteiger partial charge in [0.1, 0.15) is 0 Å². The molecule has 0 aliphatic heterocycles. The number of hydrogen-bond donors (Lipinski definition) is 1. The van der Waals surface area contributed by atoms with Gasteiger partial charge in [-0.2, -0.15) is 5.01 Å². The lowest BCUT2D eigenvalue weighted by atomic mass is 10.3. The average Bonchev–Trinajstić information content (AvgIpc) is 2.26. The van der Waals surface area contributed by atoms with Crippen molar-refractivity contribution in [3.63, 3.8) is 0 Å². The van der Waals surface area contributed by atoms with Crippen molar-refractivity contribution in [2.45, 2.75) is 6.92 Å². The number of carbonyl (C=O) groups is 2. The third-order valence-electron chi connectivity index (χ3n) is 1.64. The molecule has 0 fully saturated rings. The molecule has 0 atom stereocenters.